The maximum Gasteiger partial charge on any atom is 0.0945 e. The second-order valence-electron chi connectivity index (χ2n) is 4.45. The molecule has 3 nitrogen and oxygen atoms in total. The maximum atomic E-state index is 4.72. The van der Waals surface area contributed by atoms with Crippen LogP contribution in [0.1, 0.15) is 5.01 Å². The van der Waals surface area contributed by atoms with E-state index in [0.717, 1.165) is 31.7 Å². The van der Waals surface area contributed by atoms with Crippen LogP contribution in [0.5, 0.6) is 0 Å². The maximum absolute atomic E-state index is 4.72. The van der Waals surface area contributed by atoms with Crippen molar-refractivity contribution in [3.05, 3.63) is 27.9 Å². The highest BCUT2D eigenvalue weighted by Gasteiger charge is 2.11. The van der Waals surface area contributed by atoms with Crippen molar-refractivity contribution in [2.75, 3.05) is 32.7 Å². The molecule has 18 heavy (non-hydrogen) atoms. The Hall–Kier alpha value is -0.750. The molecule has 0 amide bonds. The number of hydrogen-bond acceptors (Lipinski definition) is 5. The van der Waals surface area contributed by atoms with Gasteiger partial charge in [-0.2, -0.15) is 0 Å². The summed E-state index contributed by atoms with van der Waals surface area (Å²) >= 11 is 3.55. The smallest absolute Gasteiger partial charge is 0.0945 e. The summed E-state index contributed by atoms with van der Waals surface area (Å²) in [5.41, 5.74) is 1.14. The number of piperazine rings is 1. The van der Waals surface area contributed by atoms with Gasteiger partial charge in [0.25, 0.3) is 0 Å². The summed E-state index contributed by atoms with van der Waals surface area (Å²) in [5.74, 6) is 0. The minimum absolute atomic E-state index is 1.08. The van der Waals surface area contributed by atoms with Crippen LogP contribution in [0, 0.1) is 0 Å². The quantitative estimate of drug-likeness (QED) is 0.931. The fourth-order valence-corrected chi connectivity index (χ4v) is 3.70. The predicted octanol–water partition coefficient (Wildman–Crippen LogP) is 2.32. The summed E-state index contributed by atoms with van der Waals surface area (Å²) in [6.45, 7) is 5.72. The number of thiophene rings is 1. The van der Waals surface area contributed by atoms with E-state index in [9.17, 15) is 0 Å². The third kappa shape index (κ3) is 2.98. The number of nitrogens with zero attached hydrogens (tertiary/aromatic N) is 2. The van der Waals surface area contributed by atoms with Gasteiger partial charge < -0.3 is 10.2 Å². The molecule has 0 saturated carbocycles. The van der Waals surface area contributed by atoms with Gasteiger partial charge in [-0.25, -0.2) is 4.98 Å². The van der Waals surface area contributed by atoms with Crippen molar-refractivity contribution in [2.45, 2.75) is 6.42 Å². The molecule has 5 heteroatoms. The molecular formula is C13H17N3S2. The summed E-state index contributed by atoms with van der Waals surface area (Å²) in [6.07, 6.45) is 1.08. The SMILES string of the molecule is c1csc(-c2csc(CCN3CCNCC3)n2)c1. The molecule has 0 radical (unpaired) electrons. The lowest BCUT2D eigenvalue weighted by atomic mass is 10.3. The highest BCUT2D eigenvalue weighted by Crippen LogP contribution is 2.26. The zero-order chi connectivity index (χ0) is 12.2. The molecule has 0 spiro atoms. The number of nitrogens with one attached hydrogen (secondary N) is 1. The van der Waals surface area contributed by atoms with E-state index < -0.39 is 0 Å². The number of aromatic nitrogens is 1. The van der Waals surface area contributed by atoms with E-state index >= 15 is 0 Å². The standard InChI is InChI=1S/C13H17N3S2/c1-2-12(17-9-1)11-10-18-13(15-11)3-6-16-7-4-14-5-8-16/h1-2,9-10,14H,3-8H2. The first-order chi connectivity index (χ1) is 8.92. The Morgan fingerprint density at radius 2 is 2.17 bits per heavy atom. The second-order valence-corrected chi connectivity index (χ2v) is 6.34. The molecule has 3 rings (SSSR count). The summed E-state index contributed by atoms with van der Waals surface area (Å²) in [4.78, 5) is 8.52. The third-order valence-corrected chi connectivity index (χ3v) is 4.98. The molecule has 96 valence electrons. The lowest BCUT2D eigenvalue weighted by Crippen LogP contribution is -2.44. The first kappa shape index (κ1) is 12.3. The van der Waals surface area contributed by atoms with Crippen molar-refractivity contribution in [3.63, 3.8) is 0 Å². The number of rotatable bonds is 4. The molecule has 0 unspecified atom stereocenters. The third-order valence-electron chi connectivity index (χ3n) is 3.18. The molecule has 0 bridgehead atoms. The Morgan fingerprint density at radius 3 is 2.94 bits per heavy atom. The number of hydrogen-bond donors (Lipinski definition) is 1. The van der Waals surface area contributed by atoms with E-state index in [4.69, 9.17) is 4.98 Å². The largest absolute Gasteiger partial charge is 0.314 e. The van der Waals surface area contributed by atoms with Gasteiger partial charge in [0.15, 0.2) is 0 Å². The second kappa shape index (κ2) is 5.93. The van der Waals surface area contributed by atoms with Crippen LogP contribution in [0.2, 0.25) is 0 Å². The normalized spacial score (nSPS) is 17.1. The van der Waals surface area contributed by atoms with Crippen LogP contribution in [0.4, 0.5) is 0 Å². The first-order valence-electron chi connectivity index (χ1n) is 6.33. The lowest BCUT2D eigenvalue weighted by Gasteiger charge is -2.26. The van der Waals surface area contributed by atoms with E-state index in [1.165, 1.54) is 23.0 Å². The van der Waals surface area contributed by atoms with Gasteiger partial charge in [0.05, 0.1) is 15.6 Å². The van der Waals surface area contributed by atoms with Gasteiger partial charge in [-0.1, -0.05) is 6.07 Å². The summed E-state index contributed by atoms with van der Waals surface area (Å²) in [5, 5.41) is 8.93. The van der Waals surface area contributed by atoms with Crippen molar-refractivity contribution in [1.29, 1.82) is 0 Å². The van der Waals surface area contributed by atoms with Gasteiger partial charge in [-0.05, 0) is 11.4 Å². The van der Waals surface area contributed by atoms with Gasteiger partial charge >= 0.3 is 0 Å². The van der Waals surface area contributed by atoms with Crippen LogP contribution in [0.25, 0.3) is 10.6 Å². The molecule has 1 aliphatic rings. The first-order valence-corrected chi connectivity index (χ1v) is 8.09. The molecular weight excluding hydrogens is 262 g/mol. The van der Waals surface area contributed by atoms with E-state index in [0.29, 0.717) is 0 Å². The predicted molar refractivity (Wildman–Crippen MR) is 78.4 cm³/mol. The minimum atomic E-state index is 1.08. The van der Waals surface area contributed by atoms with Crippen LogP contribution >= 0.6 is 22.7 Å². The molecule has 1 N–H and O–H groups in total. The molecule has 0 atom stereocenters. The topological polar surface area (TPSA) is 28.2 Å². The molecule has 3 heterocycles. The molecule has 2 aromatic rings. The average molecular weight is 279 g/mol. The van der Waals surface area contributed by atoms with Gasteiger partial charge in [0.2, 0.25) is 0 Å². The highest BCUT2D eigenvalue weighted by atomic mass is 32.1. The monoisotopic (exact) mass is 279 g/mol. The molecule has 0 aliphatic carbocycles. The van der Waals surface area contributed by atoms with Crippen molar-refractivity contribution in [1.82, 2.24) is 15.2 Å². The fraction of sp³-hybridized carbons (Fsp3) is 0.462. The summed E-state index contributed by atoms with van der Waals surface area (Å²) in [7, 11) is 0. The van der Waals surface area contributed by atoms with Gasteiger partial charge in [-0.15, -0.1) is 22.7 Å². The van der Waals surface area contributed by atoms with E-state index in [1.54, 1.807) is 22.7 Å². The van der Waals surface area contributed by atoms with E-state index in [-0.39, 0.29) is 0 Å². The van der Waals surface area contributed by atoms with Crippen molar-refractivity contribution in [3.8, 4) is 10.6 Å². The molecule has 1 aliphatic heterocycles. The molecule has 2 aromatic heterocycles. The van der Waals surface area contributed by atoms with E-state index in [1.807, 2.05) is 0 Å². The molecule has 0 aromatic carbocycles. The average Bonchev–Trinajstić information content (AvgIpc) is 3.08. The van der Waals surface area contributed by atoms with Gasteiger partial charge in [0.1, 0.15) is 0 Å². The lowest BCUT2D eigenvalue weighted by molar-refractivity contribution is 0.244. The summed E-state index contributed by atoms with van der Waals surface area (Å²) in [6, 6.07) is 4.22. The van der Waals surface area contributed by atoms with Crippen molar-refractivity contribution in [2.24, 2.45) is 0 Å². The van der Waals surface area contributed by atoms with Gasteiger partial charge in [-0.3, -0.25) is 0 Å². The van der Waals surface area contributed by atoms with Crippen LogP contribution < -0.4 is 5.32 Å². The zero-order valence-corrected chi connectivity index (χ0v) is 11.9. The zero-order valence-electron chi connectivity index (χ0n) is 10.3. The van der Waals surface area contributed by atoms with Crippen molar-refractivity contribution >= 4 is 22.7 Å². The molecule has 1 saturated heterocycles. The van der Waals surface area contributed by atoms with Crippen LogP contribution in [0.15, 0.2) is 22.9 Å². The van der Waals surface area contributed by atoms with Crippen molar-refractivity contribution < 1.29 is 0 Å². The molecule has 1 fully saturated rings. The Labute approximate surface area is 115 Å². The van der Waals surface area contributed by atoms with E-state index in [2.05, 4.69) is 33.1 Å². The Morgan fingerprint density at radius 1 is 1.28 bits per heavy atom. The fourth-order valence-electron chi connectivity index (χ4n) is 2.15. The highest BCUT2D eigenvalue weighted by molar-refractivity contribution is 7.14. The number of thiazole rings is 1. The summed E-state index contributed by atoms with van der Waals surface area (Å²) < 4.78 is 0. The van der Waals surface area contributed by atoms with Crippen LogP contribution in [0.3, 0.4) is 0 Å². The van der Waals surface area contributed by atoms with Gasteiger partial charge in [0, 0.05) is 44.5 Å². The Kier molecular flexibility index (Phi) is 4.05. The van der Waals surface area contributed by atoms with Crippen LogP contribution in [-0.2, 0) is 6.42 Å². The Bertz CT molecular complexity index is 472. The minimum Gasteiger partial charge on any atom is -0.314 e. The Balaban J connectivity index is 1.57. The van der Waals surface area contributed by atoms with Crippen LogP contribution in [-0.4, -0.2) is 42.6 Å².